The number of amides is 1. The monoisotopic (exact) mass is 383 g/mol. The molecule has 3 heterocycles. The first-order valence-corrected chi connectivity index (χ1v) is 9.79. The van der Waals surface area contributed by atoms with Crippen LogP contribution in [0.4, 0.5) is 0 Å². The van der Waals surface area contributed by atoms with Crippen molar-refractivity contribution in [1.82, 2.24) is 14.7 Å². The van der Waals surface area contributed by atoms with E-state index in [9.17, 15) is 14.7 Å². The van der Waals surface area contributed by atoms with Gasteiger partial charge in [-0.1, -0.05) is 0 Å². The number of likely N-dealkylation sites (tertiary alicyclic amines) is 1. The lowest BCUT2D eigenvalue weighted by molar-refractivity contribution is -0.145. The van der Waals surface area contributed by atoms with Gasteiger partial charge in [-0.3, -0.25) is 9.59 Å². The van der Waals surface area contributed by atoms with Crippen molar-refractivity contribution in [1.29, 1.82) is 0 Å². The fourth-order valence-electron chi connectivity index (χ4n) is 4.27. The van der Waals surface area contributed by atoms with Crippen molar-refractivity contribution < 1.29 is 19.4 Å². The highest BCUT2D eigenvalue weighted by Gasteiger charge is 2.40. The van der Waals surface area contributed by atoms with Crippen LogP contribution < -0.4 is 0 Å². The first kappa shape index (κ1) is 18.7. The van der Waals surface area contributed by atoms with Crippen LogP contribution in [0.5, 0.6) is 0 Å². The number of benzene rings is 1. The highest BCUT2D eigenvalue weighted by atomic mass is 16.5. The summed E-state index contributed by atoms with van der Waals surface area (Å²) in [4.78, 5) is 26.1. The SMILES string of the molecule is Cc1ccn(-c2ccc(C(=O)N3CCC([C@@H]4OCCC4C(=O)O)CC3)cc2)n1. The van der Waals surface area contributed by atoms with Gasteiger partial charge in [0.15, 0.2) is 0 Å². The Hall–Kier alpha value is -2.67. The third-order valence-corrected chi connectivity index (χ3v) is 5.85. The average molecular weight is 383 g/mol. The van der Waals surface area contributed by atoms with E-state index in [0.29, 0.717) is 31.7 Å². The van der Waals surface area contributed by atoms with Crippen LogP contribution in [0, 0.1) is 18.8 Å². The Balaban J connectivity index is 1.37. The third kappa shape index (κ3) is 3.67. The van der Waals surface area contributed by atoms with Gasteiger partial charge in [-0.2, -0.15) is 5.10 Å². The largest absolute Gasteiger partial charge is 0.481 e. The van der Waals surface area contributed by atoms with Crippen LogP contribution in [0.25, 0.3) is 5.69 Å². The molecule has 2 saturated heterocycles. The van der Waals surface area contributed by atoms with E-state index in [2.05, 4.69) is 5.10 Å². The van der Waals surface area contributed by atoms with Crippen molar-refractivity contribution in [2.75, 3.05) is 19.7 Å². The Morgan fingerprint density at radius 2 is 1.82 bits per heavy atom. The molecule has 0 radical (unpaired) electrons. The Kier molecular flexibility index (Phi) is 5.17. The molecule has 2 atom stereocenters. The van der Waals surface area contributed by atoms with Crippen LogP contribution in [0.3, 0.4) is 0 Å². The molecular weight excluding hydrogens is 358 g/mol. The molecule has 2 aromatic rings. The molecule has 2 aliphatic rings. The molecule has 0 saturated carbocycles. The van der Waals surface area contributed by atoms with Crippen LogP contribution in [-0.4, -0.2) is 57.5 Å². The molecule has 148 valence electrons. The number of carbonyl (C=O) groups excluding carboxylic acids is 1. The highest BCUT2D eigenvalue weighted by molar-refractivity contribution is 5.94. The summed E-state index contributed by atoms with van der Waals surface area (Å²) >= 11 is 0. The van der Waals surface area contributed by atoms with Gasteiger partial charge in [0.25, 0.3) is 5.91 Å². The summed E-state index contributed by atoms with van der Waals surface area (Å²) in [5.74, 6) is -0.957. The number of nitrogens with zero attached hydrogens (tertiary/aromatic N) is 3. The van der Waals surface area contributed by atoms with Gasteiger partial charge < -0.3 is 14.7 Å². The van der Waals surface area contributed by atoms with E-state index in [-0.39, 0.29) is 17.9 Å². The standard InChI is InChI=1S/C21H25N3O4/c1-14-6-12-24(22-14)17-4-2-16(3-5-17)20(25)23-10-7-15(8-11-23)19-18(21(26)27)9-13-28-19/h2-6,12,15,18-19H,7-11,13H2,1H3,(H,26,27)/t18?,19-/m0/s1. The van der Waals surface area contributed by atoms with Gasteiger partial charge in [0.05, 0.1) is 23.4 Å². The lowest BCUT2D eigenvalue weighted by atomic mass is 9.84. The van der Waals surface area contributed by atoms with Crippen molar-refractivity contribution in [2.45, 2.75) is 32.3 Å². The quantitative estimate of drug-likeness (QED) is 0.877. The molecule has 7 nitrogen and oxygen atoms in total. The van der Waals surface area contributed by atoms with E-state index in [1.54, 1.807) is 4.68 Å². The Morgan fingerprint density at radius 1 is 1.11 bits per heavy atom. The summed E-state index contributed by atoms with van der Waals surface area (Å²) in [6, 6.07) is 9.40. The summed E-state index contributed by atoms with van der Waals surface area (Å²) in [5, 5.41) is 13.7. The average Bonchev–Trinajstić information content (AvgIpc) is 3.37. The Labute approximate surface area is 163 Å². The second-order valence-corrected chi connectivity index (χ2v) is 7.65. The zero-order valence-electron chi connectivity index (χ0n) is 16.0. The molecule has 1 unspecified atom stereocenters. The van der Waals surface area contributed by atoms with Crippen LogP contribution >= 0.6 is 0 Å². The number of aryl methyl sites for hydroxylation is 1. The van der Waals surface area contributed by atoms with E-state index in [0.717, 1.165) is 24.2 Å². The van der Waals surface area contributed by atoms with Gasteiger partial charge >= 0.3 is 5.97 Å². The summed E-state index contributed by atoms with van der Waals surface area (Å²) in [5.41, 5.74) is 2.52. The number of hydrogen-bond donors (Lipinski definition) is 1. The summed E-state index contributed by atoms with van der Waals surface area (Å²) < 4.78 is 7.50. The highest BCUT2D eigenvalue weighted by Crippen LogP contribution is 2.33. The topological polar surface area (TPSA) is 84.7 Å². The van der Waals surface area contributed by atoms with Crippen LogP contribution in [0.15, 0.2) is 36.5 Å². The number of hydrogen-bond acceptors (Lipinski definition) is 4. The molecule has 2 aliphatic heterocycles. The normalized spacial score (nSPS) is 23.1. The first-order valence-electron chi connectivity index (χ1n) is 9.79. The lowest BCUT2D eigenvalue weighted by Gasteiger charge is -2.35. The van der Waals surface area contributed by atoms with Gasteiger partial charge in [-0.25, -0.2) is 4.68 Å². The van der Waals surface area contributed by atoms with E-state index >= 15 is 0 Å². The zero-order chi connectivity index (χ0) is 19.7. The number of aromatic nitrogens is 2. The molecule has 1 N–H and O–H groups in total. The van der Waals surface area contributed by atoms with E-state index in [4.69, 9.17) is 4.74 Å². The number of rotatable bonds is 4. The van der Waals surface area contributed by atoms with Crippen molar-refractivity contribution in [3.8, 4) is 5.69 Å². The predicted octanol–water partition coefficient (Wildman–Crippen LogP) is 2.52. The maximum absolute atomic E-state index is 12.8. The fourth-order valence-corrected chi connectivity index (χ4v) is 4.27. The maximum Gasteiger partial charge on any atom is 0.309 e. The minimum absolute atomic E-state index is 0.0174. The van der Waals surface area contributed by atoms with Crippen LogP contribution in [0.1, 0.15) is 35.3 Å². The van der Waals surface area contributed by atoms with Crippen LogP contribution in [0.2, 0.25) is 0 Å². The Morgan fingerprint density at radius 3 is 2.43 bits per heavy atom. The van der Waals surface area contributed by atoms with Gasteiger partial charge in [0.2, 0.25) is 0 Å². The van der Waals surface area contributed by atoms with E-state index in [1.807, 2.05) is 48.4 Å². The molecule has 28 heavy (non-hydrogen) atoms. The number of ether oxygens (including phenoxy) is 1. The molecule has 0 aliphatic carbocycles. The van der Waals surface area contributed by atoms with Gasteiger partial charge in [-0.15, -0.1) is 0 Å². The van der Waals surface area contributed by atoms with Gasteiger partial charge in [0, 0.05) is 31.5 Å². The summed E-state index contributed by atoms with van der Waals surface area (Å²) in [7, 11) is 0. The minimum atomic E-state index is -0.770. The molecule has 0 spiro atoms. The van der Waals surface area contributed by atoms with Gasteiger partial charge in [-0.05, 0) is 62.4 Å². The second kappa shape index (κ2) is 7.75. The third-order valence-electron chi connectivity index (χ3n) is 5.85. The molecule has 1 aromatic heterocycles. The molecule has 0 bridgehead atoms. The minimum Gasteiger partial charge on any atom is -0.481 e. The van der Waals surface area contributed by atoms with E-state index < -0.39 is 11.9 Å². The fraction of sp³-hybridized carbons (Fsp3) is 0.476. The van der Waals surface area contributed by atoms with Crippen molar-refractivity contribution in [3.63, 3.8) is 0 Å². The molecule has 4 rings (SSSR count). The molecule has 7 heteroatoms. The number of piperidine rings is 1. The first-order chi connectivity index (χ1) is 13.5. The predicted molar refractivity (Wildman–Crippen MR) is 102 cm³/mol. The molecule has 2 fully saturated rings. The smallest absolute Gasteiger partial charge is 0.309 e. The summed E-state index contributed by atoms with van der Waals surface area (Å²) in [6.07, 6.45) is 3.83. The molecule has 1 aromatic carbocycles. The molecule has 1 amide bonds. The number of carboxylic acid groups (broad SMARTS) is 1. The number of carbonyl (C=O) groups is 2. The Bertz CT molecular complexity index is 853. The second-order valence-electron chi connectivity index (χ2n) is 7.65. The maximum atomic E-state index is 12.8. The lowest BCUT2D eigenvalue weighted by Crippen LogP contribution is -2.43. The van der Waals surface area contributed by atoms with Gasteiger partial charge in [0.1, 0.15) is 0 Å². The van der Waals surface area contributed by atoms with Crippen LogP contribution in [-0.2, 0) is 9.53 Å². The zero-order valence-corrected chi connectivity index (χ0v) is 16.0. The van der Waals surface area contributed by atoms with Crippen molar-refractivity contribution in [2.24, 2.45) is 11.8 Å². The summed E-state index contributed by atoms with van der Waals surface area (Å²) in [6.45, 7) is 3.72. The molecular formula is C21H25N3O4. The number of aliphatic carboxylic acids is 1. The van der Waals surface area contributed by atoms with Crippen molar-refractivity contribution >= 4 is 11.9 Å². The van der Waals surface area contributed by atoms with Crippen molar-refractivity contribution in [3.05, 3.63) is 47.8 Å². The number of carboxylic acids is 1. The van der Waals surface area contributed by atoms with E-state index in [1.165, 1.54) is 0 Å².